The zero-order valence-electron chi connectivity index (χ0n) is 14.7. The van der Waals surface area contributed by atoms with Gasteiger partial charge < -0.3 is 4.98 Å². The molecular weight excluding hydrogens is 322 g/mol. The number of aromatic nitrogens is 1. The van der Waals surface area contributed by atoms with Crippen LogP contribution < -0.4 is 5.43 Å². The van der Waals surface area contributed by atoms with Crippen molar-refractivity contribution in [1.29, 1.82) is 0 Å². The van der Waals surface area contributed by atoms with E-state index < -0.39 is 0 Å². The lowest BCUT2D eigenvalue weighted by molar-refractivity contribution is 0.0956. The molecule has 4 aromatic rings. The maximum Gasteiger partial charge on any atom is 0.272 e. The highest BCUT2D eigenvalue weighted by Gasteiger charge is 2.12. The van der Waals surface area contributed by atoms with Crippen LogP contribution in [0.4, 0.5) is 0 Å². The van der Waals surface area contributed by atoms with Gasteiger partial charge in [-0.2, -0.15) is 5.10 Å². The minimum atomic E-state index is -0.201. The maximum absolute atomic E-state index is 12.7. The molecule has 0 spiro atoms. The Labute approximate surface area is 151 Å². The standard InChI is InChI=1S/C22H19N3O/c1-14-11-12-16-7-3-4-8-17(16)21(14)22(26)25-23-13-19-15(2)24-20-10-6-5-9-18(19)20/h3-13,24H,1-2H3,(H,25,26)/b23-13-. The Bertz CT molecular complexity index is 1150. The van der Waals surface area contributed by atoms with Gasteiger partial charge >= 0.3 is 0 Å². The summed E-state index contributed by atoms with van der Waals surface area (Å²) in [5.41, 5.74) is 7.33. The fraction of sp³-hybridized carbons (Fsp3) is 0.0909. The molecule has 0 radical (unpaired) electrons. The Morgan fingerprint density at radius 2 is 1.69 bits per heavy atom. The SMILES string of the molecule is Cc1ccc2ccccc2c1C(=O)N/N=C\c1c(C)[nH]c2ccccc12. The zero-order valence-corrected chi connectivity index (χ0v) is 14.7. The number of nitrogens with zero attached hydrogens (tertiary/aromatic N) is 1. The number of para-hydroxylation sites is 1. The minimum absolute atomic E-state index is 0.201. The molecule has 4 heteroatoms. The lowest BCUT2D eigenvalue weighted by atomic mass is 9.99. The smallest absolute Gasteiger partial charge is 0.272 e. The molecule has 0 bridgehead atoms. The predicted molar refractivity (Wildman–Crippen MR) is 107 cm³/mol. The van der Waals surface area contributed by atoms with Crippen molar-refractivity contribution in [2.45, 2.75) is 13.8 Å². The first-order valence-corrected chi connectivity index (χ1v) is 8.54. The molecular formula is C22H19N3O. The van der Waals surface area contributed by atoms with Crippen LogP contribution in [0.5, 0.6) is 0 Å². The van der Waals surface area contributed by atoms with Crippen molar-refractivity contribution in [3.05, 3.63) is 83.0 Å². The third-order valence-corrected chi connectivity index (χ3v) is 4.67. The van der Waals surface area contributed by atoms with Crippen LogP contribution in [0.2, 0.25) is 0 Å². The van der Waals surface area contributed by atoms with Gasteiger partial charge in [0.2, 0.25) is 0 Å². The quantitative estimate of drug-likeness (QED) is 0.412. The van der Waals surface area contributed by atoms with E-state index in [4.69, 9.17) is 0 Å². The molecule has 1 amide bonds. The van der Waals surface area contributed by atoms with Crippen LogP contribution >= 0.6 is 0 Å². The molecule has 0 unspecified atom stereocenters. The molecule has 0 aliphatic rings. The first-order chi connectivity index (χ1) is 12.6. The Morgan fingerprint density at radius 3 is 2.54 bits per heavy atom. The van der Waals surface area contributed by atoms with E-state index in [-0.39, 0.29) is 5.91 Å². The highest BCUT2D eigenvalue weighted by molar-refractivity contribution is 6.08. The van der Waals surface area contributed by atoms with Gasteiger partial charge in [0.15, 0.2) is 0 Å². The number of hydrazone groups is 1. The predicted octanol–water partition coefficient (Wildman–Crippen LogP) is 4.70. The molecule has 0 saturated heterocycles. The number of hydrogen-bond acceptors (Lipinski definition) is 2. The summed E-state index contributed by atoms with van der Waals surface area (Å²) in [6.45, 7) is 3.94. The number of rotatable bonds is 3. The summed E-state index contributed by atoms with van der Waals surface area (Å²) >= 11 is 0. The third-order valence-electron chi connectivity index (χ3n) is 4.67. The largest absolute Gasteiger partial charge is 0.358 e. The number of aryl methyl sites for hydroxylation is 2. The van der Waals surface area contributed by atoms with E-state index in [2.05, 4.69) is 15.5 Å². The van der Waals surface area contributed by atoms with Crippen LogP contribution in [0.3, 0.4) is 0 Å². The van der Waals surface area contributed by atoms with Crippen molar-refractivity contribution in [2.24, 2.45) is 5.10 Å². The number of H-pyrrole nitrogens is 1. The fourth-order valence-electron chi connectivity index (χ4n) is 3.36. The number of amides is 1. The molecule has 1 aromatic heterocycles. The van der Waals surface area contributed by atoms with Crippen LogP contribution in [0.25, 0.3) is 21.7 Å². The monoisotopic (exact) mass is 341 g/mol. The molecule has 128 valence electrons. The van der Waals surface area contributed by atoms with Crippen LogP contribution in [0.1, 0.15) is 27.2 Å². The lowest BCUT2D eigenvalue weighted by Crippen LogP contribution is -2.19. The summed E-state index contributed by atoms with van der Waals surface area (Å²) in [5.74, 6) is -0.201. The summed E-state index contributed by atoms with van der Waals surface area (Å²) in [6.07, 6.45) is 1.70. The number of nitrogens with one attached hydrogen (secondary N) is 2. The van der Waals surface area contributed by atoms with Gasteiger partial charge in [0.05, 0.1) is 11.8 Å². The Kier molecular flexibility index (Phi) is 4.01. The van der Waals surface area contributed by atoms with Crippen LogP contribution in [-0.2, 0) is 0 Å². The van der Waals surface area contributed by atoms with Crippen molar-refractivity contribution in [3.63, 3.8) is 0 Å². The van der Waals surface area contributed by atoms with E-state index >= 15 is 0 Å². The molecule has 2 N–H and O–H groups in total. The van der Waals surface area contributed by atoms with Crippen LogP contribution in [0, 0.1) is 13.8 Å². The Morgan fingerprint density at radius 1 is 0.962 bits per heavy atom. The summed E-state index contributed by atoms with van der Waals surface area (Å²) in [5, 5.41) is 7.27. The maximum atomic E-state index is 12.7. The van der Waals surface area contributed by atoms with Gasteiger partial charge in [-0.3, -0.25) is 4.79 Å². The molecule has 3 aromatic carbocycles. The molecule has 0 fully saturated rings. The summed E-state index contributed by atoms with van der Waals surface area (Å²) in [4.78, 5) is 16.1. The fourth-order valence-corrected chi connectivity index (χ4v) is 3.36. The van der Waals surface area contributed by atoms with E-state index in [9.17, 15) is 4.79 Å². The number of aromatic amines is 1. The van der Waals surface area contributed by atoms with Crippen LogP contribution in [0.15, 0.2) is 65.8 Å². The van der Waals surface area contributed by atoms with E-state index in [1.807, 2.05) is 74.5 Å². The normalized spacial score (nSPS) is 11.5. The highest BCUT2D eigenvalue weighted by atomic mass is 16.2. The van der Waals surface area contributed by atoms with Crippen molar-refractivity contribution >= 4 is 33.8 Å². The molecule has 0 atom stereocenters. The molecule has 4 rings (SSSR count). The van der Waals surface area contributed by atoms with Crippen LogP contribution in [-0.4, -0.2) is 17.1 Å². The molecule has 0 aliphatic carbocycles. The Balaban J connectivity index is 1.64. The number of carbonyl (C=O) groups is 1. The zero-order chi connectivity index (χ0) is 18.1. The van der Waals surface area contributed by atoms with E-state index in [1.165, 1.54) is 0 Å². The molecule has 26 heavy (non-hydrogen) atoms. The van der Waals surface area contributed by atoms with Gasteiger partial charge in [0.25, 0.3) is 5.91 Å². The summed E-state index contributed by atoms with van der Waals surface area (Å²) < 4.78 is 0. The van der Waals surface area contributed by atoms with Crippen molar-refractivity contribution in [1.82, 2.24) is 10.4 Å². The first kappa shape index (κ1) is 16.1. The van der Waals surface area contributed by atoms with E-state index in [0.717, 1.165) is 38.5 Å². The summed E-state index contributed by atoms with van der Waals surface area (Å²) in [7, 11) is 0. The van der Waals surface area contributed by atoms with Gasteiger partial charge in [0.1, 0.15) is 0 Å². The number of carbonyl (C=O) groups excluding carboxylic acids is 1. The van der Waals surface area contributed by atoms with E-state index in [0.29, 0.717) is 5.56 Å². The van der Waals surface area contributed by atoms with Gasteiger partial charge in [-0.05, 0) is 36.2 Å². The molecule has 0 saturated carbocycles. The number of benzene rings is 3. The van der Waals surface area contributed by atoms with Gasteiger partial charge in [0, 0.05) is 22.2 Å². The Hall–Kier alpha value is -3.40. The number of fused-ring (bicyclic) bond motifs is 2. The summed E-state index contributed by atoms with van der Waals surface area (Å²) in [6, 6.07) is 19.9. The van der Waals surface area contributed by atoms with Gasteiger partial charge in [-0.1, -0.05) is 54.6 Å². The van der Waals surface area contributed by atoms with Crippen molar-refractivity contribution in [2.75, 3.05) is 0 Å². The average molecular weight is 341 g/mol. The topological polar surface area (TPSA) is 57.2 Å². The second-order valence-electron chi connectivity index (χ2n) is 6.39. The highest BCUT2D eigenvalue weighted by Crippen LogP contribution is 2.22. The number of hydrogen-bond donors (Lipinski definition) is 2. The minimum Gasteiger partial charge on any atom is -0.358 e. The lowest BCUT2D eigenvalue weighted by Gasteiger charge is -2.08. The van der Waals surface area contributed by atoms with Gasteiger partial charge in [-0.15, -0.1) is 0 Å². The first-order valence-electron chi connectivity index (χ1n) is 8.54. The molecule has 1 heterocycles. The molecule has 4 nitrogen and oxygen atoms in total. The molecule has 0 aliphatic heterocycles. The van der Waals surface area contributed by atoms with E-state index in [1.54, 1.807) is 6.21 Å². The second kappa shape index (κ2) is 6.48. The average Bonchev–Trinajstić information content (AvgIpc) is 2.97. The second-order valence-corrected chi connectivity index (χ2v) is 6.39. The van der Waals surface area contributed by atoms with Gasteiger partial charge in [-0.25, -0.2) is 5.43 Å². The van der Waals surface area contributed by atoms with Crippen molar-refractivity contribution < 1.29 is 4.79 Å². The third kappa shape index (κ3) is 2.75. The van der Waals surface area contributed by atoms with Crippen molar-refractivity contribution in [3.8, 4) is 0 Å².